The molecule has 0 unspecified atom stereocenters. The summed E-state index contributed by atoms with van der Waals surface area (Å²) in [4.78, 5) is 16.1. The molecule has 0 bridgehead atoms. The van der Waals surface area contributed by atoms with Crippen LogP contribution in [0.15, 0.2) is 42.7 Å². The first-order valence-corrected chi connectivity index (χ1v) is 6.52. The van der Waals surface area contributed by atoms with Gasteiger partial charge in [-0.15, -0.1) is 0 Å². The molecule has 0 radical (unpaired) electrons. The van der Waals surface area contributed by atoms with Gasteiger partial charge in [0, 0.05) is 31.4 Å². The molecule has 4 nitrogen and oxygen atoms in total. The number of nitrogens with one attached hydrogen (secondary N) is 1. The fourth-order valence-electron chi connectivity index (χ4n) is 2.42. The van der Waals surface area contributed by atoms with Crippen LogP contribution < -0.4 is 5.32 Å². The number of rotatable bonds is 4. The number of hydrogen-bond acceptors (Lipinski definition) is 2. The second-order valence-corrected chi connectivity index (χ2v) is 5.19. The fraction of sp³-hybridized carbons (Fsp3) is 0.333. The molecule has 1 saturated carbocycles. The van der Waals surface area contributed by atoms with Crippen molar-refractivity contribution in [2.75, 3.05) is 6.54 Å². The number of aromatic nitrogens is 2. The minimum Gasteiger partial charge on any atom is -0.348 e. The van der Waals surface area contributed by atoms with Crippen LogP contribution in [-0.4, -0.2) is 22.0 Å². The Morgan fingerprint density at radius 1 is 1.37 bits per heavy atom. The summed E-state index contributed by atoms with van der Waals surface area (Å²) in [5, 5.41) is 3.00. The van der Waals surface area contributed by atoms with Crippen molar-refractivity contribution in [3.8, 4) is 0 Å². The van der Waals surface area contributed by atoms with Crippen LogP contribution in [0.1, 0.15) is 29.0 Å². The van der Waals surface area contributed by atoms with Crippen molar-refractivity contribution < 1.29 is 4.79 Å². The minimum atomic E-state index is -0.102. The largest absolute Gasteiger partial charge is 0.348 e. The molecule has 1 fully saturated rings. The van der Waals surface area contributed by atoms with E-state index in [-0.39, 0.29) is 11.3 Å². The van der Waals surface area contributed by atoms with Gasteiger partial charge in [-0.25, -0.2) is 4.98 Å². The van der Waals surface area contributed by atoms with Crippen molar-refractivity contribution in [3.63, 3.8) is 0 Å². The summed E-state index contributed by atoms with van der Waals surface area (Å²) in [5.41, 5.74) is 1.46. The van der Waals surface area contributed by atoms with Crippen LogP contribution in [0.3, 0.4) is 0 Å². The van der Waals surface area contributed by atoms with E-state index >= 15 is 0 Å². The molecule has 1 N–H and O–H groups in total. The maximum Gasteiger partial charge on any atom is 0.287 e. The fourth-order valence-corrected chi connectivity index (χ4v) is 2.42. The number of benzene rings is 1. The molecule has 1 aliphatic rings. The van der Waals surface area contributed by atoms with E-state index in [1.807, 2.05) is 13.1 Å². The molecule has 1 aromatic carbocycles. The quantitative estimate of drug-likeness (QED) is 0.906. The summed E-state index contributed by atoms with van der Waals surface area (Å²) in [5.74, 6) is 0.360. The van der Waals surface area contributed by atoms with Crippen molar-refractivity contribution in [1.82, 2.24) is 14.9 Å². The van der Waals surface area contributed by atoms with Crippen molar-refractivity contribution >= 4 is 5.91 Å². The van der Waals surface area contributed by atoms with Crippen LogP contribution in [0.2, 0.25) is 0 Å². The van der Waals surface area contributed by atoms with E-state index in [0.717, 1.165) is 12.8 Å². The van der Waals surface area contributed by atoms with Crippen molar-refractivity contribution in [3.05, 3.63) is 54.1 Å². The van der Waals surface area contributed by atoms with E-state index in [1.54, 1.807) is 17.0 Å². The van der Waals surface area contributed by atoms with E-state index in [9.17, 15) is 4.79 Å². The van der Waals surface area contributed by atoms with Crippen LogP contribution in [0.25, 0.3) is 0 Å². The summed E-state index contributed by atoms with van der Waals surface area (Å²) in [6.45, 7) is 0.683. The Bertz CT molecular complexity index is 584. The Hall–Kier alpha value is -2.10. The van der Waals surface area contributed by atoms with Crippen molar-refractivity contribution in [2.45, 2.75) is 18.3 Å². The zero-order valence-electron chi connectivity index (χ0n) is 11.0. The SMILES string of the molecule is Cn1ccnc1C(=O)NCC1(c2ccccc2)CC1. The Labute approximate surface area is 112 Å². The van der Waals surface area contributed by atoms with Gasteiger partial charge < -0.3 is 9.88 Å². The standard InChI is InChI=1S/C15H17N3O/c1-18-10-9-16-13(18)14(19)17-11-15(7-8-15)12-5-3-2-4-6-12/h2-6,9-10H,7-8,11H2,1H3,(H,17,19). The number of amides is 1. The lowest BCUT2D eigenvalue weighted by atomic mass is 9.96. The molecule has 0 spiro atoms. The van der Waals surface area contributed by atoms with Gasteiger partial charge in [0.25, 0.3) is 5.91 Å². The molecule has 98 valence electrons. The number of carbonyl (C=O) groups excluding carboxylic acids is 1. The van der Waals surface area contributed by atoms with Gasteiger partial charge in [-0.2, -0.15) is 0 Å². The third-order valence-electron chi connectivity index (χ3n) is 3.85. The normalized spacial score (nSPS) is 16.1. The van der Waals surface area contributed by atoms with Crippen LogP contribution in [0, 0.1) is 0 Å². The predicted octanol–water partition coefficient (Wildman–Crippen LogP) is 1.88. The zero-order valence-corrected chi connectivity index (χ0v) is 11.0. The molecule has 1 aliphatic carbocycles. The molecule has 0 saturated heterocycles. The molecule has 1 heterocycles. The Morgan fingerprint density at radius 2 is 2.11 bits per heavy atom. The second kappa shape index (κ2) is 4.53. The first-order valence-electron chi connectivity index (χ1n) is 6.52. The van der Waals surface area contributed by atoms with Crippen LogP contribution in [-0.2, 0) is 12.5 Å². The molecule has 2 aromatic rings. The first kappa shape index (κ1) is 12.0. The zero-order chi connectivity index (χ0) is 13.3. The van der Waals surface area contributed by atoms with Gasteiger partial charge >= 0.3 is 0 Å². The number of aryl methyl sites for hydroxylation is 1. The molecule has 3 rings (SSSR count). The van der Waals surface area contributed by atoms with Gasteiger partial charge in [0.05, 0.1) is 0 Å². The Kier molecular flexibility index (Phi) is 2.85. The van der Waals surface area contributed by atoms with Crippen LogP contribution in [0.5, 0.6) is 0 Å². The molecule has 19 heavy (non-hydrogen) atoms. The molecular weight excluding hydrogens is 238 g/mol. The highest BCUT2D eigenvalue weighted by Gasteiger charge is 2.44. The summed E-state index contributed by atoms with van der Waals surface area (Å²) in [6.07, 6.45) is 5.69. The molecular formula is C15H17N3O. The lowest BCUT2D eigenvalue weighted by molar-refractivity contribution is 0.0936. The van der Waals surface area contributed by atoms with Crippen LogP contribution >= 0.6 is 0 Å². The highest BCUT2D eigenvalue weighted by molar-refractivity contribution is 5.90. The topological polar surface area (TPSA) is 46.9 Å². The summed E-state index contributed by atoms with van der Waals surface area (Å²) in [7, 11) is 1.83. The Morgan fingerprint density at radius 3 is 2.68 bits per heavy atom. The highest BCUT2D eigenvalue weighted by atomic mass is 16.2. The lowest BCUT2D eigenvalue weighted by Gasteiger charge is -2.16. The van der Waals surface area contributed by atoms with E-state index in [4.69, 9.17) is 0 Å². The predicted molar refractivity (Wildman–Crippen MR) is 72.9 cm³/mol. The Balaban J connectivity index is 1.67. The number of nitrogens with zero attached hydrogens (tertiary/aromatic N) is 2. The van der Waals surface area contributed by atoms with Crippen LogP contribution in [0.4, 0.5) is 0 Å². The second-order valence-electron chi connectivity index (χ2n) is 5.19. The monoisotopic (exact) mass is 255 g/mol. The minimum absolute atomic E-state index is 0.102. The molecule has 4 heteroatoms. The van der Waals surface area contributed by atoms with E-state index in [2.05, 4.69) is 34.6 Å². The average Bonchev–Trinajstić information content (AvgIpc) is 3.12. The van der Waals surface area contributed by atoms with Crippen molar-refractivity contribution in [2.24, 2.45) is 7.05 Å². The maximum absolute atomic E-state index is 12.0. The van der Waals surface area contributed by atoms with Gasteiger partial charge in [-0.1, -0.05) is 30.3 Å². The molecule has 0 aliphatic heterocycles. The average molecular weight is 255 g/mol. The molecule has 0 atom stereocenters. The van der Waals surface area contributed by atoms with Gasteiger partial charge in [0.1, 0.15) is 0 Å². The van der Waals surface area contributed by atoms with E-state index in [1.165, 1.54) is 5.56 Å². The lowest BCUT2D eigenvalue weighted by Crippen LogP contribution is -2.33. The summed E-state index contributed by atoms with van der Waals surface area (Å²) in [6, 6.07) is 10.4. The number of carbonyl (C=O) groups is 1. The summed E-state index contributed by atoms with van der Waals surface area (Å²) < 4.78 is 1.73. The van der Waals surface area contributed by atoms with Gasteiger partial charge in [0.15, 0.2) is 5.82 Å². The third kappa shape index (κ3) is 2.26. The highest BCUT2D eigenvalue weighted by Crippen LogP contribution is 2.47. The number of hydrogen-bond donors (Lipinski definition) is 1. The van der Waals surface area contributed by atoms with Crippen molar-refractivity contribution in [1.29, 1.82) is 0 Å². The van der Waals surface area contributed by atoms with Gasteiger partial charge in [0.2, 0.25) is 0 Å². The smallest absolute Gasteiger partial charge is 0.287 e. The summed E-state index contributed by atoms with van der Waals surface area (Å²) >= 11 is 0. The first-order chi connectivity index (χ1) is 9.21. The maximum atomic E-state index is 12.0. The van der Waals surface area contributed by atoms with E-state index < -0.39 is 0 Å². The van der Waals surface area contributed by atoms with Gasteiger partial charge in [-0.05, 0) is 18.4 Å². The molecule has 1 aromatic heterocycles. The molecule has 1 amide bonds. The third-order valence-corrected chi connectivity index (χ3v) is 3.85. The van der Waals surface area contributed by atoms with E-state index in [0.29, 0.717) is 12.4 Å². The van der Waals surface area contributed by atoms with Gasteiger partial charge in [-0.3, -0.25) is 4.79 Å². The number of imidazole rings is 1.